The van der Waals surface area contributed by atoms with Crippen LogP contribution in [0.3, 0.4) is 0 Å². The maximum absolute atomic E-state index is 4.33. The van der Waals surface area contributed by atoms with E-state index in [-0.39, 0.29) is 11.0 Å². The Hall–Kier alpha value is -0.560. The fraction of sp³-hybridized carbons (Fsp3) is 0.750. The van der Waals surface area contributed by atoms with Gasteiger partial charge in [-0.3, -0.25) is 4.90 Å². The van der Waals surface area contributed by atoms with Gasteiger partial charge in [-0.2, -0.15) is 0 Å². The van der Waals surface area contributed by atoms with Crippen molar-refractivity contribution < 1.29 is 0 Å². The Morgan fingerprint density at radius 2 is 1.47 bits per heavy atom. The number of likely N-dealkylation sites (N-methyl/N-ethyl adjacent to an activating group) is 1. The highest BCUT2D eigenvalue weighted by molar-refractivity contribution is 5.18. The summed E-state index contributed by atoms with van der Waals surface area (Å²) in [6, 6.07) is 0.368. The van der Waals surface area contributed by atoms with E-state index < -0.39 is 0 Å². The quantitative estimate of drug-likeness (QED) is 0.643. The third kappa shape index (κ3) is 5.08. The van der Waals surface area contributed by atoms with Gasteiger partial charge in [0.2, 0.25) is 0 Å². The summed E-state index contributed by atoms with van der Waals surface area (Å²) in [5.74, 6) is 0. The molecule has 1 nitrogen and oxygen atoms in total. The lowest BCUT2D eigenvalue weighted by Crippen LogP contribution is -2.47. The van der Waals surface area contributed by atoms with Crippen molar-refractivity contribution >= 4 is 0 Å². The van der Waals surface area contributed by atoms with E-state index >= 15 is 0 Å². The van der Waals surface area contributed by atoms with E-state index in [0.29, 0.717) is 6.04 Å². The molecule has 0 radical (unpaired) electrons. The van der Waals surface area contributed by atoms with E-state index in [0.717, 1.165) is 6.42 Å². The molecule has 1 unspecified atom stereocenters. The normalized spacial score (nSPS) is 14.9. The summed E-state index contributed by atoms with van der Waals surface area (Å²) in [4.78, 5) is 2.41. The lowest BCUT2D eigenvalue weighted by atomic mass is 9.79. The van der Waals surface area contributed by atoms with Gasteiger partial charge in [-0.25, -0.2) is 0 Å². The van der Waals surface area contributed by atoms with Gasteiger partial charge in [-0.05, 0) is 46.6 Å². The van der Waals surface area contributed by atoms with Gasteiger partial charge in [-0.1, -0.05) is 38.5 Å². The minimum atomic E-state index is 0.139. The second-order valence-electron chi connectivity index (χ2n) is 7.23. The first-order valence-electron chi connectivity index (χ1n) is 6.44. The van der Waals surface area contributed by atoms with Gasteiger partial charge in [0.05, 0.1) is 0 Å². The summed E-state index contributed by atoms with van der Waals surface area (Å²) in [6.07, 6.45) is 0.990. The minimum Gasteiger partial charge on any atom is -0.295 e. The van der Waals surface area contributed by atoms with Gasteiger partial charge in [0.15, 0.2) is 0 Å². The Morgan fingerprint density at radius 1 is 1.06 bits per heavy atom. The highest BCUT2D eigenvalue weighted by Gasteiger charge is 2.31. The van der Waals surface area contributed by atoms with E-state index in [1.54, 1.807) is 0 Å². The lowest BCUT2D eigenvalue weighted by Gasteiger charge is -2.43. The van der Waals surface area contributed by atoms with Crippen molar-refractivity contribution in [2.75, 3.05) is 7.05 Å². The molecule has 0 aromatic heterocycles. The number of hydrogen-bond acceptors (Lipinski definition) is 1. The number of hydrogen-bond donors (Lipinski definition) is 0. The Morgan fingerprint density at radius 3 is 1.71 bits per heavy atom. The molecule has 0 spiro atoms. The zero-order valence-corrected chi connectivity index (χ0v) is 13.1. The Balaban J connectivity index is 5.15. The molecule has 0 aliphatic heterocycles. The average Bonchev–Trinajstić information content (AvgIpc) is 2.08. The molecule has 100 valence electrons. The molecule has 17 heavy (non-hydrogen) atoms. The summed E-state index contributed by atoms with van der Waals surface area (Å²) in [5.41, 5.74) is 2.79. The fourth-order valence-electron chi connectivity index (χ4n) is 1.79. The van der Waals surface area contributed by atoms with E-state index in [2.05, 4.69) is 73.6 Å². The van der Waals surface area contributed by atoms with Crippen LogP contribution in [0.25, 0.3) is 0 Å². The molecule has 0 aliphatic carbocycles. The van der Waals surface area contributed by atoms with Gasteiger partial charge in [-0.15, -0.1) is 6.58 Å². The van der Waals surface area contributed by atoms with E-state index in [1.807, 2.05) is 0 Å². The molecular weight excluding hydrogens is 206 g/mol. The summed E-state index contributed by atoms with van der Waals surface area (Å²) < 4.78 is 0. The van der Waals surface area contributed by atoms with Crippen LogP contribution >= 0.6 is 0 Å². The van der Waals surface area contributed by atoms with E-state index in [4.69, 9.17) is 0 Å². The lowest BCUT2D eigenvalue weighted by molar-refractivity contribution is 0.124. The standard InChI is InChI=1S/C16H31N/c1-12(2)11-14(13(3)15(4,5)6)17(10)16(7,8)9/h14H,1,3,11H2,2,4-10H3. The van der Waals surface area contributed by atoms with Crippen LogP contribution in [0.15, 0.2) is 24.3 Å². The second-order valence-corrected chi connectivity index (χ2v) is 7.23. The zero-order valence-electron chi connectivity index (χ0n) is 13.1. The van der Waals surface area contributed by atoms with Crippen LogP contribution in [0.5, 0.6) is 0 Å². The van der Waals surface area contributed by atoms with Crippen LogP contribution in [-0.4, -0.2) is 23.5 Å². The molecule has 0 bridgehead atoms. The van der Waals surface area contributed by atoms with E-state index in [1.165, 1.54) is 11.1 Å². The van der Waals surface area contributed by atoms with Crippen molar-refractivity contribution in [2.45, 2.75) is 66.5 Å². The molecule has 0 N–H and O–H groups in total. The summed E-state index contributed by atoms with van der Waals surface area (Å²) in [5, 5.41) is 0. The topological polar surface area (TPSA) is 3.24 Å². The predicted octanol–water partition coefficient (Wildman–Crippen LogP) is 4.65. The monoisotopic (exact) mass is 237 g/mol. The molecule has 1 heteroatoms. The third-order valence-corrected chi connectivity index (χ3v) is 3.43. The Labute approximate surface area is 109 Å². The predicted molar refractivity (Wildman–Crippen MR) is 79.3 cm³/mol. The second kappa shape index (κ2) is 5.39. The van der Waals surface area contributed by atoms with Crippen molar-refractivity contribution in [3.05, 3.63) is 24.3 Å². The molecule has 0 heterocycles. The van der Waals surface area contributed by atoms with Crippen molar-refractivity contribution in [1.29, 1.82) is 0 Å². The maximum atomic E-state index is 4.33. The largest absolute Gasteiger partial charge is 0.295 e. The van der Waals surface area contributed by atoms with Gasteiger partial charge in [0, 0.05) is 11.6 Å². The van der Waals surface area contributed by atoms with Crippen LogP contribution in [0.4, 0.5) is 0 Å². The molecule has 0 rings (SSSR count). The highest BCUT2D eigenvalue weighted by atomic mass is 15.2. The van der Waals surface area contributed by atoms with Gasteiger partial charge < -0.3 is 0 Å². The highest BCUT2D eigenvalue weighted by Crippen LogP contribution is 2.33. The first-order valence-corrected chi connectivity index (χ1v) is 6.44. The molecule has 0 aromatic carbocycles. The SMILES string of the molecule is C=C(C)CC(C(=C)C(C)(C)C)N(C)C(C)(C)C. The van der Waals surface area contributed by atoms with Crippen LogP contribution in [-0.2, 0) is 0 Å². The Kier molecular flexibility index (Phi) is 5.21. The number of rotatable bonds is 4. The molecule has 0 aromatic rings. The Bertz CT molecular complexity index is 286. The molecule has 0 fully saturated rings. The third-order valence-electron chi connectivity index (χ3n) is 3.43. The molecule has 0 aliphatic rings. The average molecular weight is 237 g/mol. The first kappa shape index (κ1) is 16.4. The van der Waals surface area contributed by atoms with Gasteiger partial charge >= 0.3 is 0 Å². The summed E-state index contributed by atoms with van der Waals surface area (Å²) in [6.45, 7) is 23.9. The zero-order chi connectivity index (χ0) is 14.0. The van der Waals surface area contributed by atoms with Crippen molar-refractivity contribution in [1.82, 2.24) is 4.90 Å². The van der Waals surface area contributed by atoms with Crippen LogP contribution in [0, 0.1) is 5.41 Å². The van der Waals surface area contributed by atoms with Gasteiger partial charge in [0.1, 0.15) is 0 Å². The molecular formula is C16H31N. The van der Waals surface area contributed by atoms with Gasteiger partial charge in [0.25, 0.3) is 0 Å². The summed E-state index contributed by atoms with van der Waals surface area (Å²) in [7, 11) is 2.19. The van der Waals surface area contributed by atoms with E-state index in [9.17, 15) is 0 Å². The van der Waals surface area contributed by atoms with Crippen molar-refractivity contribution in [3.8, 4) is 0 Å². The smallest absolute Gasteiger partial charge is 0.0349 e. The molecule has 1 atom stereocenters. The molecule has 0 saturated heterocycles. The van der Waals surface area contributed by atoms with Crippen LogP contribution < -0.4 is 0 Å². The number of nitrogens with zero attached hydrogens (tertiary/aromatic N) is 1. The fourth-order valence-corrected chi connectivity index (χ4v) is 1.79. The molecule has 0 saturated carbocycles. The van der Waals surface area contributed by atoms with Crippen molar-refractivity contribution in [2.24, 2.45) is 5.41 Å². The molecule has 0 amide bonds. The van der Waals surface area contributed by atoms with Crippen LogP contribution in [0.2, 0.25) is 0 Å². The van der Waals surface area contributed by atoms with Crippen molar-refractivity contribution in [3.63, 3.8) is 0 Å². The minimum absolute atomic E-state index is 0.139. The summed E-state index contributed by atoms with van der Waals surface area (Å²) >= 11 is 0. The first-order chi connectivity index (χ1) is 7.37. The van der Waals surface area contributed by atoms with Crippen LogP contribution in [0.1, 0.15) is 54.9 Å². The maximum Gasteiger partial charge on any atom is 0.0349 e.